The Morgan fingerprint density at radius 1 is 1.04 bits per heavy atom. The molecule has 26 heavy (non-hydrogen) atoms. The largest absolute Gasteiger partial charge is 0.368 e. The van der Waals surface area contributed by atoms with E-state index in [-0.39, 0.29) is 18.3 Å². The quantitative estimate of drug-likeness (QED) is 0.552. The molecule has 1 atom stereocenters. The van der Waals surface area contributed by atoms with Crippen LogP contribution >= 0.6 is 0 Å². The maximum Gasteiger partial charge on any atom is 0.244 e. The van der Waals surface area contributed by atoms with Crippen molar-refractivity contribution >= 4 is 21.6 Å². The van der Waals surface area contributed by atoms with Crippen LogP contribution in [0.1, 0.15) is 89.7 Å². The van der Waals surface area contributed by atoms with E-state index in [1.807, 2.05) is 45.9 Å². The lowest BCUT2D eigenvalue weighted by molar-refractivity contribution is -0.117. The number of carbonyl (C=O) groups excluding carboxylic acids is 1. The lowest BCUT2D eigenvalue weighted by atomic mass is 9.93. The second-order valence-corrected chi connectivity index (χ2v) is 9.37. The summed E-state index contributed by atoms with van der Waals surface area (Å²) in [6, 6.07) is 5.79. The number of sulfonamides is 1. The van der Waals surface area contributed by atoms with Gasteiger partial charge in [-0.3, -0.25) is 9.52 Å². The van der Waals surface area contributed by atoms with Crippen LogP contribution in [-0.2, 0) is 14.8 Å². The molecule has 148 valence electrons. The fourth-order valence-electron chi connectivity index (χ4n) is 3.09. The van der Waals surface area contributed by atoms with Crippen LogP contribution < -0.4 is 10.5 Å². The fourth-order valence-corrected chi connectivity index (χ4v) is 4.53. The van der Waals surface area contributed by atoms with Gasteiger partial charge in [-0.25, -0.2) is 8.42 Å². The topological polar surface area (TPSA) is 89.3 Å². The molecule has 0 saturated carbocycles. The predicted octanol–water partition coefficient (Wildman–Crippen LogP) is 4.50. The third kappa shape index (κ3) is 6.01. The van der Waals surface area contributed by atoms with Gasteiger partial charge in [-0.2, -0.15) is 0 Å². The molecule has 0 fully saturated rings. The van der Waals surface area contributed by atoms with E-state index in [4.69, 9.17) is 5.73 Å². The summed E-state index contributed by atoms with van der Waals surface area (Å²) in [5, 5.41) is -1.21. The van der Waals surface area contributed by atoms with Crippen molar-refractivity contribution in [2.75, 3.05) is 4.72 Å². The molecule has 1 unspecified atom stereocenters. The van der Waals surface area contributed by atoms with Crippen molar-refractivity contribution in [1.29, 1.82) is 0 Å². The predicted molar refractivity (Wildman–Crippen MR) is 109 cm³/mol. The van der Waals surface area contributed by atoms with E-state index < -0.39 is 21.2 Å². The molecule has 6 heteroatoms. The van der Waals surface area contributed by atoms with Crippen molar-refractivity contribution in [3.05, 3.63) is 29.3 Å². The van der Waals surface area contributed by atoms with Gasteiger partial charge in [0, 0.05) is 0 Å². The Bertz CT molecular complexity index is 671. The summed E-state index contributed by atoms with van der Waals surface area (Å²) in [5.74, 6) is -0.479. The smallest absolute Gasteiger partial charge is 0.244 e. The van der Waals surface area contributed by atoms with Crippen LogP contribution in [0.5, 0.6) is 0 Å². The van der Waals surface area contributed by atoms with E-state index >= 15 is 0 Å². The van der Waals surface area contributed by atoms with Gasteiger partial charge in [-0.05, 0) is 29.4 Å². The van der Waals surface area contributed by atoms with Crippen molar-refractivity contribution in [3.63, 3.8) is 0 Å². The van der Waals surface area contributed by atoms with Gasteiger partial charge in [-0.15, -0.1) is 0 Å². The van der Waals surface area contributed by atoms with Crippen LogP contribution in [-0.4, -0.2) is 19.6 Å². The van der Waals surface area contributed by atoms with Crippen LogP contribution in [0.2, 0.25) is 0 Å². The lowest BCUT2D eigenvalue weighted by Gasteiger charge is -2.23. The van der Waals surface area contributed by atoms with Gasteiger partial charge in [0.05, 0.1) is 5.69 Å². The number of hydrogen-bond acceptors (Lipinski definition) is 3. The van der Waals surface area contributed by atoms with Crippen molar-refractivity contribution in [3.8, 4) is 0 Å². The van der Waals surface area contributed by atoms with Gasteiger partial charge in [0.2, 0.25) is 15.9 Å². The molecule has 0 saturated heterocycles. The zero-order valence-electron chi connectivity index (χ0n) is 16.7. The lowest BCUT2D eigenvalue weighted by Crippen LogP contribution is -2.39. The molecule has 0 radical (unpaired) electrons. The normalized spacial score (nSPS) is 13.2. The Morgan fingerprint density at radius 3 is 2.00 bits per heavy atom. The average Bonchev–Trinajstić information content (AvgIpc) is 2.53. The van der Waals surface area contributed by atoms with Gasteiger partial charge in [0.15, 0.2) is 5.25 Å². The molecule has 3 N–H and O–H groups in total. The van der Waals surface area contributed by atoms with Crippen molar-refractivity contribution < 1.29 is 13.2 Å². The van der Waals surface area contributed by atoms with Crippen LogP contribution in [0.3, 0.4) is 0 Å². The number of carbonyl (C=O) groups is 1. The second-order valence-electron chi connectivity index (χ2n) is 7.51. The summed E-state index contributed by atoms with van der Waals surface area (Å²) in [6.45, 7) is 10.2. The third-order valence-electron chi connectivity index (χ3n) is 4.63. The molecule has 0 aliphatic rings. The summed E-state index contributed by atoms with van der Waals surface area (Å²) in [5.41, 5.74) is 7.87. The van der Waals surface area contributed by atoms with Crippen molar-refractivity contribution in [2.24, 2.45) is 5.73 Å². The maximum absolute atomic E-state index is 12.9. The molecule has 1 rings (SSSR count). The first-order valence-electron chi connectivity index (χ1n) is 9.55. The Kier molecular flexibility index (Phi) is 8.60. The number of nitrogens with one attached hydrogen (secondary N) is 1. The fraction of sp³-hybridized carbons (Fsp3) is 0.650. The number of nitrogens with two attached hydrogens (primary N) is 1. The minimum Gasteiger partial charge on any atom is -0.368 e. The van der Waals surface area contributed by atoms with E-state index in [0.717, 1.165) is 30.4 Å². The monoisotopic (exact) mass is 382 g/mol. The molecule has 0 heterocycles. The molecule has 1 aromatic carbocycles. The number of hydrogen-bond donors (Lipinski definition) is 2. The zero-order chi connectivity index (χ0) is 19.9. The van der Waals surface area contributed by atoms with E-state index in [9.17, 15) is 13.2 Å². The number of anilines is 1. The highest BCUT2D eigenvalue weighted by Crippen LogP contribution is 2.33. The molecular weight excluding hydrogens is 348 g/mol. The number of unbranched alkanes of at least 4 members (excludes halogenated alkanes) is 3. The summed E-state index contributed by atoms with van der Waals surface area (Å²) in [7, 11) is -3.90. The first-order chi connectivity index (χ1) is 12.1. The Labute approximate surface area is 158 Å². The number of primary amides is 1. The van der Waals surface area contributed by atoms with Gasteiger partial charge in [0.1, 0.15) is 0 Å². The van der Waals surface area contributed by atoms with Crippen LogP contribution in [0, 0.1) is 0 Å². The minimum absolute atomic E-state index is 0.156. The Balaban J connectivity index is 3.19. The minimum atomic E-state index is -3.90. The highest BCUT2D eigenvalue weighted by atomic mass is 32.2. The third-order valence-corrected chi connectivity index (χ3v) is 6.33. The molecule has 1 amide bonds. The van der Waals surface area contributed by atoms with Gasteiger partial charge < -0.3 is 5.73 Å². The summed E-state index contributed by atoms with van der Waals surface area (Å²) < 4.78 is 28.6. The average molecular weight is 383 g/mol. The van der Waals surface area contributed by atoms with E-state index in [0.29, 0.717) is 12.1 Å². The summed E-state index contributed by atoms with van der Waals surface area (Å²) >= 11 is 0. The number of amides is 1. The maximum atomic E-state index is 12.9. The molecule has 0 aromatic heterocycles. The van der Waals surface area contributed by atoms with Crippen molar-refractivity contribution in [1.82, 2.24) is 0 Å². The van der Waals surface area contributed by atoms with Crippen LogP contribution in [0.4, 0.5) is 5.69 Å². The molecule has 0 bridgehead atoms. The first-order valence-corrected chi connectivity index (χ1v) is 11.1. The molecule has 0 spiro atoms. The first kappa shape index (κ1) is 22.5. The molecule has 1 aromatic rings. The summed E-state index contributed by atoms with van der Waals surface area (Å²) in [6.07, 6.45) is 3.89. The summed E-state index contributed by atoms with van der Waals surface area (Å²) in [4.78, 5) is 11.8. The molecular formula is C20H34N2O3S. The highest BCUT2D eigenvalue weighted by Gasteiger charge is 2.32. The SMILES string of the molecule is CCCCCCC(C(N)=O)S(=O)(=O)Nc1c(C(C)C)cccc1C(C)C. The van der Waals surface area contributed by atoms with Crippen LogP contribution in [0.25, 0.3) is 0 Å². The molecule has 0 aliphatic carbocycles. The van der Waals surface area contributed by atoms with Gasteiger partial charge in [-0.1, -0.05) is 78.5 Å². The highest BCUT2D eigenvalue weighted by molar-refractivity contribution is 7.94. The van der Waals surface area contributed by atoms with E-state index in [1.165, 1.54) is 0 Å². The Morgan fingerprint density at radius 2 is 1.58 bits per heavy atom. The number of para-hydroxylation sites is 1. The Hall–Kier alpha value is -1.56. The van der Waals surface area contributed by atoms with Gasteiger partial charge >= 0.3 is 0 Å². The molecule has 5 nitrogen and oxygen atoms in total. The van der Waals surface area contributed by atoms with E-state index in [2.05, 4.69) is 11.6 Å². The number of benzene rings is 1. The van der Waals surface area contributed by atoms with E-state index in [1.54, 1.807) is 0 Å². The standard InChI is InChI=1S/C20H34N2O3S/c1-6-7-8-9-13-18(20(21)23)26(24,25)22-19-16(14(2)3)11-10-12-17(19)15(4)5/h10-12,14-15,18,22H,6-9,13H2,1-5H3,(H2,21,23). The zero-order valence-corrected chi connectivity index (χ0v) is 17.5. The number of rotatable bonds is 11. The van der Waals surface area contributed by atoms with Crippen LogP contribution in [0.15, 0.2) is 18.2 Å². The van der Waals surface area contributed by atoms with Crippen molar-refractivity contribution in [2.45, 2.75) is 83.8 Å². The molecule has 0 aliphatic heterocycles. The second kappa shape index (κ2) is 9.95. The van der Waals surface area contributed by atoms with Gasteiger partial charge in [0.25, 0.3) is 0 Å².